The van der Waals surface area contributed by atoms with E-state index in [1.54, 1.807) is 4.68 Å². The maximum absolute atomic E-state index is 11.3. The molecule has 1 aliphatic rings. The molecule has 1 N–H and O–H groups in total. The highest BCUT2D eigenvalue weighted by Gasteiger charge is 2.38. The first-order valence-electron chi connectivity index (χ1n) is 7.42. The molecule has 2 atom stereocenters. The van der Waals surface area contributed by atoms with Crippen LogP contribution in [0.3, 0.4) is 0 Å². The lowest BCUT2D eigenvalue weighted by molar-refractivity contribution is 0.0142. The minimum absolute atomic E-state index is 0.491. The van der Waals surface area contributed by atoms with Crippen LogP contribution in [0, 0.1) is 6.92 Å². The van der Waals surface area contributed by atoms with Crippen molar-refractivity contribution in [2.45, 2.75) is 44.6 Å². The summed E-state index contributed by atoms with van der Waals surface area (Å²) >= 11 is 6.36. The normalized spacial score (nSPS) is 24.9. The van der Waals surface area contributed by atoms with Crippen LogP contribution in [0.5, 0.6) is 0 Å². The highest BCUT2D eigenvalue weighted by atomic mass is 35.5. The SMILES string of the molecule is Cc1nn(C)c(CC2(O)CCC(C)c3ccccc32)c1Cl. The Morgan fingerprint density at radius 2 is 2.14 bits per heavy atom. The molecule has 1 aromatic carbocycles. The maximum atomic E-state index is 11.3. The first-order chi connectivity index (χ1) is 9.92. The van der Waals surface area contributed by atoms with Crippen molar-refractivity contribution in [3.05, 3.63) is 51.8 Å². The van der Waals surface area contributed by atoms with Gasteiger partial charge in [-0.3, -0.25) is 4.68 Å². The molecule has 0 aliphatic heterocycles. The predicted octanol–water partition coefficient (Wildman–Crippen LogP) is 3.71. The Kier molecular flexibility index (Phi) is 3.58. The largest absolute Gasteiger partial charge is 0.385 e. The molecule has 3 rings (SSSR count). The lowest BCUT2D eigenvalue weighted by Gasteiger charge is -2.37. The summed E-state index contributed by atoms with van der Waals surface area (Å²) in [5.41, 5.74) is 3.16. The van der Waals surface area contributed by atoms with Crippen LogP contribution < -0.4 is 0 Å². The third kappa shape index (κ3) is 2.39. The number of nitrogens with zero attached hydrogens (tertiary/aromatic N) is 2. The maximum Gasteiger partial charge on any atom is 0.0955 e. The number of hydrogen-bond acceptors (Lipinski definition) is 2. The van der Waals surface area contributed by atoms with Gasteiger partial charge >= 0.3 is 0 Å². The molecule has 21 heavy (non-hydrogen) atoms. The van der Waals surface area contributed by atoms with Crippen LogP contribution in [-0.4, -0.2) is 14.9 Å². The number of halogens is 1. The molecule has 0 bridgehead atoms. The van der Waals surface area contributed by atoms with Crippen LogP contribution in [-0.2, 0) is 19.1 Å². The van der Waals surface area contributed by atoms with Gasteiger partial charge in [-0.05, 0) is 36.8 Å². The van der Waals surface area contributed by atoms with Gasteiger partial charge in [-0.15, -0.1) is 0 Å². The number of aliphatic hydroxyl groups is 1. The van der Waals surface area contributed by atoms with Crippen molar-refractivity contribution in [1.29, 1.82) is 0 Å². The zero-order valence-electron chi connectivity index (χ0n) is 12.7. The Hall–Kier alpha value is -1.32. The number of aromatic nitrogens is 2. The summed E-state index contributed by atoms with van der Waals surface area (Å²) in [6.07, 6.45) is 2.25. The number of hydrogen-bond donors (Lipinski definition) is 1. The van der Waals surface area contributed by atoms with Crippen molar-refractivity contribution >= 4 is 11.6 Å². The summed E-state index contributed by atoms with van der Waals surface area (Å²) < 4.78 is 1.79. The van der Waals surface area contributed by atoms with Gasteiger partial charge < -0.3 is 5.11 Å². The second-order valence-electron chi connectivity index (χ2n) is 6.21. The summed E-state index contributed by atoms with van der Waals surface area (Å²) in [5.74, 6) is 0.491. The minimum atomic E-state index is -0.854. The molecule has 112 valence electrons. The second-order valence-corrected chi connectivity index (χ2v) is 6.58. The second kappa shape index (κ2) is 5.15. The molecule has 0 radical (unpaired) electrons. The first-order valence-corrected chi connectivity index (χ1v) is 7.80. The van der Waals surface area contributed by atoms with E-state index in [0.29, 0.717) is 17.4 Å². The monoisotopic (exact) mass is 304 g/mol. The first kappa shape index (κ1) is 14.6. The van der Waals surface area contributed by atoms with E-state index in [9.17, 15) is 5.11 Å². The lowest BCUT2D eigenvalue weighted by atomic mass is 9.72. The Morgan fingerprint density at radius 3 is 2.81 bits per heavy atom. The third-order valence-electron chi connectivity index (χ3n) is 4.71. The number of fused-ring (bicyclic) bond motifs is 1. The zero-order chi connectivity index (χ0) is 15.2. The van der Waals surface area contributed by atoms with Gasteiger partial charge in [-0.1, -0.05) is 42.8 Å². The van der Waals surface area contributed by atoms with Crippen LogP contribution in [0.4, 0.5) is 0 Å². The smallest absolute Gasteiger partial charge is 0.0955 e. The van der Waals surface area contributed by atoms with Gasteiger partial charge in [0, 0.05) is 13.5 Å². The summed E-state index contributed by atoms with van der Waals surface area (Å²) in [5, 5.41) is 16.3. The van der Waals surface area contributed by atoms with E-state index in [1.165, 1.54) is 5.56 Å². The molecule has 0 saturated heterocycles. The van der Waals surface area contributed by atoms with E-state index in [1.807, 2.05) is 32.2 Å². The van der Waals surface area contributed by atoms with Gasteiger partial charge in [0.25, 0.3) is 0 Å². The molecule has 0 spiro atoms. The van der Waals surface area contributed by atoms with Gasteiger partial charge in [0.2, 0.25) is 0 Å². The molecule has 4 heteroatoms. The van der Waals surface area contributed by atoms with Crippen LogP contribution in [0.25, 0.3) is 0 Å². The average molecular weight is 305 g/mol. The topological polar surface area (TPSA) is 38.0 Å². The Bertz CT molecular complexity index is 679. The van der Waals surface area contributed by atoms with Gasteiger partial charge in [0.05, 0.1) is 22.0 Å². The summed E-state index contributed by atoms with van der Waals surface area (Å²) in [4.78, 5) is 0. The average Bonchev–Trinajstić information content (AvgIpc) is 2.70. The number of rotatable bonds is 2. The van der Waals surface area contributed by atoms with Crippen molar-refractivity contribution in [2.24, 2.45) is 7.05 Å². The predicted molar refractivity (Wildman–Crippen MR) is 84.6 cm³/mol. The molecule has 2 unspecified atom stereocenters. The van der Waals surface area contributed by atoms with Crippen molar-refractivity contribution in [2.75, 3.05) is 0 Å². The van der Waals surface area contributed by atoms with Crippen LogP contribution in [0.15, 0.2) is 24.3 Å². The number of aryl methyl sites for hydroxylation is 2. The zero-order valence-corrected chi connectivity index (χ0v) is 13.5. The summed E-state index contributed by atoms with van der Waals surface area (Å²) in [6.45, 7) is 4.12. The Morgan fingerprint density at radius 1 is 1.43 bits per heavy atom. The fraction of sp³-hybridized carbons (Fsp3) is 0.471. The third-order valence-corrected chi connectivity index (χ3v) is 5.20. The van der Waals surface area contributed by atoms with Crippen molar-refractivity contribution in [3.8, 4) is 0 Å². The Balaban J connectivity index is 2.04. The van der Waals surface area contributed by atoms with Gasteiger partial charge in [-0.25, -0.2) is 0 Å². The minimum Gasteiger partial charge on any atom is -0.385 e. The van der Waals surface area contributed by atoms with Gasteiger partial charge in [0.1, 0.15) is 0 Å². The lowest BCUT2D eigenvalue weighted by Crippen LogP contribution is -2.34. The van der Waals surface area contributed by atoms with E-state index < -0.39 is 5.60 Å². The van der Waals surface area contributed by atoms with E-state index >= 15 is 0 Å². The number of benzene rings is 1. The highest BCUT2D eigenvalue weighted by Crippen LogP contribution is 2.43. The van der Waals surface area contributed by atoms with Crippen LogP contribution in [0.1, 0.15) is 48.2 Å². The van der Waals surface area contributed by atoms with E-state index in [-0.39, 0.29) is 0 Å². The van der Waals surface area contributed by atoms with E-state index in [0.717, 1.165) is 29.8 Å². The molecular weight excluding hydrogens is 284 g/mol. The van der Waals surface area contributed by atoms with Crippen molar-refractivity contribution < 1.29 is 5.11 Å². The fourth-order valence-corrected chi connectivity index (χ4v) is 3.66. The molecule has 2 aromatic rings. The van der Waals surface area contributed by atoms with Crippen LogP contribution in [0.2, 0.25) is 5.02 Å². The molecule has 1 aliphatic carbocycles. The summed E-state index contributed by atoms with van der Waals surface area (Å²) in [6, 6.07) is 8.21. The van der Waals surface area contributed by atoms with Crippen molar-refractivity contribution in [1.82, 2.24) is 9.78 Å². The quantitative estimate of drug-likeness (QED) is 0.918. The Labute approximate surface area is 130 Å². The highest BCUT2D eigenvalue weighted by molar-refractivity contribution is 6.31. The molecule has 1 heterocycles. The van der Waals surface area contributed by atoms with E-state index in [4.69, 9.17) is 11.6 Å². The molecule has 3 nitrogen and oxygen atoms in total. The molecular formula is C17H21ClN2O. The summed E-state index contributed by atoms with van der Waals surface area (Å²) in [7, 11) is 1.88. The standard InChI is InChI=1S/C17H21ClN2O/c1-11-8-9-17(21,14-7-5-4-6-13(11)14)10-15-16(18)12(2)19-20(15)3/h4-7,11,21H,8-10H2,1-3H3. The molecule has 0 amide bonds. The van der Waals surface area contributed by atoms with E-state index in [2.05, 4.69) is 18.1 Å². The van der Waals surface area contributed by atoms with Crippen LogP contribution >= 0.6 is 11.6 Å². The molecule has 0 saturated carbocycles. The molecule has 1 aromatic heterocycles. The fourth-order valence-electron chi connectivity index (χ4n) is 3.43. The van der Waals surface area contributed by atoms with Gasteiger partial charge in [-0.2, -0.15) is 5.10 Å². The molecule has 0 fully saturated rings. The van der Waals surface area contributed by atoms with Crippen molar-refractivity contribution in [3.63, 3.8) is 0 Å². The van der Waals surface area contributed by atoms with Gasteiger partial charge in [0.15, 0.2) is 0 Å².